The molecule has 3 rings (SSSR count). The minimum absolute atomic E-state index is 0.0124. The number of aromatic nitrogens is 1. The number of hydrogen-bond acceptors (Lipinski definition) is 6. The first-order valence-corrected chi connectivity index (χ1v) is 9.74. The molecule has 0 amide bonds. The van der Waals surface area contributed by atoms with Crippen molar-refractivity contribution in [3.05, 3.63) is 24.0 Å². The molecule has 1 unspecified atom stereocenters. The molecule has 1 aromatic rings. The molecule has 130 valence electrons. The van der Waals surface area contributed by atoms with Crippen LogP contribution in [0.15, 0.2) is 23.2 Å². The fourth-order valence-electron chi connectivity index (χ4n) is 3.57. The zero-order valence-electron chi connectivity index (χ0n) is 13.9. The highest BCUT2D eigenvalue weighted by molar-refractivity contribution is 7.89. The van der Waals surface area contributed by atoms with Gasteiger partial charge in [-0.15, -0.1) is 0 Å². The van der Waals surface area contributed by atoms with Crippen LogP contribution in [0.5, 0.6) is 0 Å². The van der Waals surface area contributed by atoms with E-state index in [0.717, 1.165) is 26.2 Å². The molecule has 0 aliphatic carbocycles. The summed E-state index contributed by atoms with van der Waals surface area (Å²) < 4.78 is 27.1. The number of piperidine rings is 1. The van der Waals surface area contributed by atoms with Crippen molar-refractivity contribution in [2.45, 2.75) is 23.8 Å². The Bertz CT molecular complexity index is 722. The quantitative estimate of drug-likeness (QED) is 0.783. The predicted octanol–water partition coefficient (Wildman–Crippen LogP) is 0.354. The van der Waals surface area contributed by atoms with E-state index in [0.29, 0.717) is 19.1 Å². The first-order chi connectivity index (χ1) is 11.5. The Kier molecular flexibility index (Phi) is 5.15. The van der Waals surface area contributed by atoms with Crippen molar-refractivity contribution >= 4 is 10.0 Å². The van der Waals surface area contributed by atoms with E-state index >= 15 is 0 Å². The standard InChI is InChI=1S/C16H23N5O2S/c1-19-7-3-4-14(13-19)20-8-10-21(11-9-20)24(22,23)16-5-2-6-18-15(16)12-17/h2,5-6,14H,3-4,7-11,13H2,1H3. The van der Waals surface area contributed by atoms with E-state index in [-0.39, 0.29) is 10.6 Å². The van der Waals surface area contributed by atoms with Crippen molar-refractivity contribution < 1.29 is 8.42 Å². The monoisotopic (exact) mass is 349 g/mol. The first kappa shape index (κ1) is 17.3. The Morgan fingerprint density at radius 1 is 1.25 bits per heavy atom. The van der Waals surface area contributed by atoms with Crippen LogP contribution in [-0.4, -0.2) is 79.9 Å². The SMILES string of the molecule is CN1CCCC(N2CCN(S(=O)(=O)c3cccnc3C#N)CC2)C1. The van der Waals surface area contributed by atoms with Gasteiger partial charge in [0.25, 0.3) is 0 Å². The minimum atomic E-state index is -3.66. The molecular weight excluding hydrogens is 326 g/mol. The molecule has 8 heteroatoms. The molecule has 0 spiro atoms. The van der Waals surface area contributed by atoms with E-state index < -0.39 is 10.0 Å². The summed E-state index contributed by atoms with van der Waals surface area (Å²) >= 11 is 0. The van der Waals surface area contributed by atoms with Crippen LogP contribution < -0.4 is 0 Å². The lowest BCUT2D eigenvalue weighted by Crippen LogP contribution is -2.55. The molecule has 2 aliphatic rings. The van der Waals surface area contributed by atoms with Crippen LogP contribution in [0.25, 0.3) is 0 Å². The highest BCUT2D eigenvalue weighted by Crippen LogP contribution is 2.22. The van der Waals surface area contributed by atoms with Crippen molar-refractivity contribution in [3.8, 4) is 6.07 Å². The topological polar surface area (TPSA) is 80.5 Å². The summed E-state index contributed by atoms with van der Waals surface area (Å²) in [4.78, 5) is 8.62. The summed E-state index contributed by atoms with van der Waals surface area (Å²) in [5.74, 6) is 0. The third-order valence-corrected chi connectivity index (χ3v) is 6.81. The van der Waals surface area contributed by atoms with E-state index in [1.165, 1.54) is 29.4 Å². The molecule has 0 aromatic carbocycles. The van der Waals surface area contributed by atoms with Gasteiger partial charge in [-0.25, -0.2) is 13.4 Å². The second-order valence-electron chi connectivity index (χ2n) is 6.46. The maximum atomic E-state index is 12.8. The fraction of sp³-hybridized carbons (Fsp3) is 0.625. The van der Waals surface area contributed by atoms with Gasteiger partial charge in [0.05, 0.1) is 0 Å². The number of nitrogens with zero attached hydrogens (tertiary/aromatic N) is 5. The molecule has 0 bridgehead atoms. The van der Waals surface area contributed by atoms with Gasteiger partial charge in [0.15, 0.2) is 5.69 Å². The Balaban J connectivity index is 1.69. The number of likely N-dealkylation sites (tertiary alicyclic amines) is 1. The maximum Gasteiger partial charge on any atom is 0.246 e. The molecule has 0 saturated carbocycles. The second kappa shape index (κ2) is 7.15. The lowest BCUT2D eigenvalue weighted by atomic mass is 10.0. The normalized spacial score (nSPS) is 24.6. The number of hydrogen-bond donors (Lipinski definition) is 0. The lowest BCUT2D eigenvalue weighted by molar-refractivity contribution is 0.0824. The van der Waals surface area contributed by atoms with Crippen molar-refractivity contribution in [1.82, 2.24) is 19.1 Å². The van der Waals surface area contributed by atoms with Crippen LogP contribution in [0.2, 0.25) is 0 Å². The fourth-order valence-corrected chi connectivity index (χ4v) is 5.08. The highest BCUT2D eigenvalue weighted by Gasteiger charge is 2.33. The molecule has 7 nitrogen and oxygen atoms in total. The molecule has 0 N–H and O–H groups in total. The van der Waals surface area contributed by atoms with Crippen molar-refractivity contribution in [2.24, 2.45) is 0 Å². The summed E-state index contributed by atoms with van der Waals surface area (Å²) in [6.07, 6.45) is 3.81. The van der Waals surface area contributed by atoms with Gasteiger partial charge < -0.3 is 4.90 Å². The Morgan fingerprint density at radius 2 is 2.00 bits per heavy atom. The Labute approximate surface area is 143 Å². The van der Waals surface area contributed by atoms with Crippen LogP contribution in [0.1, 0.15) is 18.5 Å². The third-order valence-electron chi connectivity index (χ3n) is 4.88. The zero-order valence-corrected chi connectivity index (χ0v) is 14.7. The van der Waals surface area contributed by atoms with E-state index in [1.807, 2.05) is 6.07 Å². The van der Waals surface area contributed by atoms with E-state index in [2.05, 4.69) is 21.8 Å². The maximum absolute atomic E-state index is 12.8. The van der Waals surface area contributed by atoms with Crippen LogP contribution in [0.4, 0.5) is 0 Å². The van der Waals surface area contributed by atoms with Crippen LogP contribution in [0, 0.1) is 11.3 Å². The number of piperazine rings is 1. The van der Waals surface area contributed by atoms with E-state index in [1.54, 1.807) is 6.07 Å². The predicted molar refractivity (Wildman–Crippen MR) is 89.8 cm³/mol. The van der Waals surface area contributed by atoms with Gasteiger partial charge in [-0.2, -0.15) is 9.57 Å². The minimum Gasteiger partial charge on any atom is -0.305 e. The van der Waals surface area contributed by atoms with Gasteiger partial charge in [0.2, 0.25) is 10.0 Å². The van der Waals surface area contributed by atoms with Gasteiger partial charge in [0.1, 0.15) is 11.0 Å². The summed E-state index contributed by atoms with van der Waals surface area (Å²) in [5.41, 5.74) is -0.0335. The van der Waals surface area contributed by atoms with Gasteiger partial charge in [0, 0.05) is 45.0 Å². The summed E-state index contributed by atoms with van der Waals surface area (Å²) in [6.45, 7) is 4.58. The van der Waals surface area contributed by atoms with Gasteiger partial charge in [-0.05, 0) is 38.6 Å². The molecule has 0 radical (unpaired) electrons. The number of sulfonamides is 1. The summed E-state index contributed by atoms with van der Waals surface area (Å²) in [6, 6.07) is 5.41. The van der Waals surface area contributed by atoms with Crippen molar-refractivity contribution in [2.75, 3.05) is 46.3 Å². The smallest absolute Gasteiger partial charge is 0.246 e. The molecule has 1 aromatic heterocycles. The number of likely N-dealkylation sites (N-methyl/N-ethyl adjacent to an activating group) is 1. The van der Waals surface area contributed by atoms with Crippen molar-refractivity contribution in [3.63, 3.8) is 0 Å². The second-order valence-corrected chi connectivity index (χ2v) is 8.37. The van der Waals surface area contributed by atoms with Crippen LogP contribution in [0.3, 0.4) is 0 Å². The Morgan fingerprint density at radius 3 is 2.67 bits per heavy atom. The first-order valence-electron chi connectivity index (χ1n) is 8.30. The van der Waals surface area contributed by atoms with Gasteiger partial charge >= 0.3 is 0 Å². The molecule has 1 atom stereocenters. The molecular formula is C16H23N5O2S. The largest absolute Gasteiger partial charge is 0.305 e. The van der Waals surface area contributed by atoms with Crippen LogP contribution in [-0.2, 0) is 10.0 Å². The van der Waals surface area contributed by atoms with E-state index in [4.69, 9.17) is 5.26 Å². The third kappa shape index (κ3) is 3.44. The lowest BCUT2D eigenvalue weighted by Gasteiger charge is -2.42. The van der Waals surface area contributed by atoms with Crippen molar-refractivity contribution in [1.29, 1.82) is 5.26 Å². The number of nitriles is 1. The number of rotatable bonds is 3. The van der Waals surface area contributed by atoms with Gasteiger partial charge in [-0.1, -0.05) is 0 Å². The molecule has 2 aliphatic heterocycles. The Hall–Kier alpha value is -1.53. The molecule has 3 heterocycles. The zero-order chi connectivity index (χ0) is 17.2. The molecule has 24 heavy (non-hydrogen) atoms. The summed E-state index contributed by atoms with van der Waals surface area (Å²) in [5, 5.41) is 9.11. The highest BCUT2D eigenvalue weighted by atomic mass is 32.2. The number of pyridine rings is 1. The van der Waals surface area contributed by atoms with E-state index in [9.17, 15) is 8.42 Å². The average Bonchev–Trinajstić information content (AvgIpc) is 2.62. The van der Waals surface area contributed by atoms with Crippen LogP contribution >= 0.6 is 0 Å². The summed E-state index contributed by atoms with van der Waals surface area (Å²) in [7, 11) is -1.52. The van der Waals surface area contributed by atoms with Gasteiger partial charge in [-0.3, -0.25) is 4.90 Å². The molecule has 2 fully saturated rings. The molecule has 2 saturated heterocycles. The average molecular weight is 349 g/mol.